The lowest BCUT2D eigenvalue weighted by Crippen LogP contribution is -2.25. The van der Waals surface area contributed by atoms with Gasteiger partial charge in [0.2, 0.25) is 0 Å². The van der Waals surface area contributed by atoms with Crippen molar-refractivity contribution in [3.8, 4) is 23.3 Å². The molecule has 7 nitrogen and oxygen atoms in total. The van der Waals surface area contributed by atoms with Crippen LogP contribution in [0, 0.1) is 17.1 Å². The summed E-state index contributed by atoms with van der Waals surface area (Å²) in [6.07, 6.45) is 0.911. The summed E-state index contributed by atoms with van der Waals surface area (Å²) < 4.78 is 24.4. The van der Waals surface area contributed by atoms with Crippen molar-refractivity contribution < 1.29 is 28.6 Å². The highest BCUT2D eigenvalue weighted by molar-refractivity contribution is 5.94. The first-order valence-corrected chi connectivity index (χ1v) is 10.7. The Hall–Kier alpha value is -4.38. The minimum atomic E-state index is -0.964. The van der Waals surface area contributed by atoms with Gasteiger partial charge in [0.25, 0.3) is 5.91 Å². The molecule has 2 N–H and O–H groups in total. The zero-order chi connectivity index (χ0) is 24.1. The number of nitriles is 1. The fourth-order valence-electron chi connectivity index (χ4n) is 3.72. The third-order valence-electron chi connectivity index (χ3n) is 5.53. The first-order valence-electron chi connectivity index (χ1n) is 10.7. The summed E-state index contributed by atoms with van der Waals surface area (Å²) in [7, 11) is 0. The number of nitrogens with zero attached hydrogens (tertiary/aromatic N) is 1. The van der Waals surface area contributed by atoms with Crippen LogP contribution in [0.25, 0.3) is 0 Å². The molecule has 1 amide bonds. The maximum atomic E-state index is 13.0. The van der Waals surface area contributed by atoms with E-state index in [0.717, 1.165) is 5.56 Å². The number of carboxylic acids is 1. The molecule has 172 valence electrons. The fourth-order valence-corrected chi connectivity index (χ4v) is 3.72. The van der Waals surface area contributed by atoms with Crippen molar-refractivity contribution in [3.05, 3.63) is 88.7 Å². The summed E-state index contributed by atoms with van der Waals surface area (Å²) in [5, 5.41) is 21.8. The number of fused-ring (bicyclic) bond motifs is 1. The summed E-state index contributed by atoms with van der Waals surface area (Å²) in [5.74, 6) is -1.23. The number of hydrogen-bond donors (Lipinski definition) is 2. The Morgan fingerprint density at radius 1 is 1.15 bits per heavy atom. The second kappa shape index (κ2) is 10.0. The van der Waals surface area contributed by atoms with Crippen molar-refractivity contribution in [2.24, 2.45) is 0 Å². The smallest absolute Gasteiger partial charge is 0.311 e. The van der Waals surface area contributed by atoms with Crippen LogP contribution < -0.4 is 14.8 Å². The molecule has 3 aromatic rings. The zero-order valence-corrected chi connectivity index (χ0v) is 18.1. The number of carbonyl (C=O) groups is 2. The predicted molar refractivity (Wildman–Crippen MR) is 121 cm³/mol. The highest BCUT2D eigenvalue weighted by Gasteiger charge is 2.29. The SMILES string of the molecule is N#Cc1cc2c(cc1Oc1ccc(C(=O)NCCc3ccc(F)cc3)cc1)OCCC2C(=O)O. The number of amides is 1. The maximum absolute atomic E-state index is 13.0. The molecule has 3 aromatic carbocycles. The summed E-state index contributed by atoms with van der Waals surface area (Å²) in [6, 6.07) is 17.6. The van der Waals surface area contributed by atoms with Crippen LogP contribution in [0.4, 0.5) is 4.39 Å². The van der Waals surface area contributed by atoms with Gasteiger partial charge in [0, 0.05) is 23.7 Å². The highest BCUT2D eigenvalue weighted by atomic mass is 19.1. The molecule has 1 atom stereocenters. The number of carbonyl (C=O) groups excluding carboxylic acids is 1. The van der Waals surface area contributed by atoms with Crippen LogP contribution in [0.1, 0.15) is 39.4 Å². The number of hydrogen-bond acceptors (Lipinski definition) is 5. The molecule has 34 heavy (non-hydrogen) atoms. The third kappa shape index (κ3) is 5.15. The molecule has 1 unspecified atom stereocenters. The molecule has 0 saturated heterocycles. The second-order valence-electron chi connectivity index (χ2n) is 7.78. The van der Waals surface area contributed by atoms with Crippen LogP contribution in [0.5, 0.6) is 17.2 Å². The van der Waals surface area contributed by atoms with Crippen LogP contribution in [-0.2, 0) is 11.2 Å². The Labute approximate surface area is 195 Å². The van der Waals surface area contributed by atoms with Gasteiger partial charge in [0.1, 0.15) is 29.1 Å². The van der Waals surface area contributed by atoms with Gasteiger partial charge in [-0.2, -0.15) is 5.26 Å². The molecule has 0 aromatic heterocycles. The number of ether oxygens (including phenoxy) is 2. The topological polar surface area (TPSA) is 109 Å². The Morgan fingerprint density at radius 3 is 2.56 bits per heavy atom. The van der Waals surface area contributed by atoms with Gasteiger partial charge >= 0.3 is 5.97 Å². The minimum Gasteiger partial charge on any atom is -0.493 e. The van der Waals surface area contributed by atoms with Crippen molar-refractivity contribution >= 4 is 11.9 Å². The van der Waals surface area contributed by atoms with Gasteiger partial charge in [0.05, 0.1) is 18.1 Å². The zero-order valence-electron chi connectivity index (χ0n) is 18.1. The van der Waals surface area contributed by atoms with Crippen molar-refractivity contribution in [2.75, 3.05) is 13.2 Å². The van der Waals surface area contributed by atoms with E-state index in [4.69, 9.17) is 9.47 Å². The van der Waals surface area contributed by atoms with Gasteiger partial charge in [-0.25, -0.2) is 4.39 Å². The summed E-state index contributed by atoms with van der Waals surface area (Å²) >= 11 is 0. The molecule has 0 radical (unpaired) electrons. The number of nitrogens with one attached hydrogen (secondary N) is 1. The predicted octanol–water partition coefficient (Wildman–Crippen LogP) is 4.41. The Morgan fingerprint density at radius 2 is 1.88 bits per heavy atom. The lowest BCUT2D eigenvalue weighted by Gasteiger charge is -2.24. The van der Waals surface area contributed by atoms with Crippen LogP contribution in [0.2, 0.25) is 0 Å². The average molecular weight is 460 g/mol. The van der Waals surface area contributed by atoms with E-state index in [9.17, 15) is 24.3 Å². The quantitative estimate of drug-likeness (QED) is 0.541. The molecule has 0 bridgehead atoms. The van der Waals surface area contributed by atoms with E-state index in [1.165, 1.54) is 24.3 Å². The summed E-state index contributed by atoms with van der Waals surface area (Å²) in [5.41, 5.74) is 2.00. The molecule has 0 aliphatic carbocycles. The fraction of sp³-hybridized carbons (Fsp3) is 0.192. The molecule has 0 saturated carbocycles. The number of carboxylic acid groups (broad SMARTS) is 1. The highest BCUT2D eigenvalue weighted by Crippen LogP contribution is 2.39. The average Bonchev–Trinajstić information content (AvgIpc) is 2.84. The van der Waals surface area contributed by atoms with Crippen LogP contribution >= 0.6 is 0 Å². The minimum absolute atomic E-state index is 0.193. The second-order valence-corrected chi connectivity index (χ2v) is 7.78. The maximum Gasteiger partial charge on any atom is 0.311 e. The molecular weight excluding hydrogens is 439 g/mol. The first-order chi connectivity index (χ1) is 16.4. The van der Waals surface area contributed by atoms with Crippen LogP contribution in [-0.4, -0.2) is 30.1 Å². The van der Waals surface area contributed by atoms with Gasteiger partial charge in [-0.05, 0) is 60.9 Å². The van der Waals surface area contributed by atoms with Crippen molar-refractivity contribution in [2.45, 2.75) is 18.8 Å². The van der Waals surface area contributed by atoms with Gasteiger partial charge in [-0.1, -0.05) is 12.1 Å². The first kappa shape index (κ1) is 22.8. The lowest BCUT2D eigenvalue weighted by atomic mass is 9.91. The lowest BCUT2D eigenvalue weighted by molar-refractivity contribution is -0.139. The van der Waals surface area contributed by atoms with Gasteiger partial charge in [-0.15, -0.1) is 0 Å². The van der Waals surface area contributed by atoms with E-state index >= 15 is 0 Å². The Bertz CT molecular complexity index is 1250. The van der Waals surface area contributed by atoms with E-state index in [1.54, 1.807) is 36.4 Å². The third-order valence-corrected chi connectivity index (χ3v) is 5.53. The van der Waals surface area contributed by atoms with E-state index in [0.29, 0.717) is 42.0 Å². The molecule has 1 heterocycles. The van der Waals surface area contributed by atoms with Crippen molar-refractivity contribution in [3.63, 3.8) is 0 Å². The molecule has 0 fully saturated rings. The molecule has 0 spiro atoms. The number of rotatable bonds is 7. The van der Waals surface area contributed by atoms with Gasteiger partial charge in [0.15, 0.2) is 0 Å². The summed E-state index contributed by atoms with van der Waals surface area (Å²) in [6.45, 7) is 0.668. The summed E-state index contributed by atoms with van der Waals surface area (Å²) in [4.78, 5) is 23.9. The van der Waals surface area contributed by atoms with E-state index < -0.39 is 11.9 Å². The van der Waals surface area contributed by atoms with E-state index in [2.05, 4.69) is 5.32 Å². The largest absolute Gasteiger partial charge is 0.493 e. The van der Waals surface area contributed by atoms with Gasteiger partial charge in [-0.3, -0.25) is 9.59 Å². The molecule has 1 aliphatic rings. The molecule has 8 heteroatoms. The molecule has 4 rings (SSSR count). The Kier molecular flexibility index (Phi) is 6.74. The van der Waals surface area contributed by atoms with E-state index in [-0.39, 0.29) is 29.6 Å². The monoisotopic (exact) mass is 460 g/mol. The van der Waals surface area contributed by atoms with Crippen molar-refractivity contribution in [1.29, 1.82) is 5.26 Å². The van der Waals surface area contributed by atoms with Gasteiger partial charge < -0.3 is 19.9 Å². The van der Waals surface area contributed by atoms with E-state index in [1.807, 2.05) is 6.07 Å². The molecule has 1 aliphatic heterocycles. The molecular formula is C26H21FN2O5. The van der Waals surface area contributed by atoms with Crippen LogP contribution in [0.15, 0.2) is 60.7 Å². The van der Waals surface area contributed by atoms with Crippen molar-refractivity contribution in [1.82, 2.24) is 5.32 Å². The standard InChI is InChI=1S/C26H21FN2O5/c27-19-5-1-16(2-6-19)9-11-29-25(30)17-3-7-20(8-4-17)34-23-14-24-22(13-18(23)15-28)21(26(31)32)10-12-33-24/h1-8,13-14,21H,9-12H2,(H,29,30)(H,31,32). The number of aliphatic carboxylic acids is 1. The number of halogens is 1. The van der Waals surface area contributed by atoms with Crippen LogP contribution in [0.3, 0.4) is 0 Å². The normalized spacial score (nSPS) is 14.3. The number of benzene rings is 3. The Balaban J connectivity index is 1.41.